The Hall–Kier alpha value is -2.14. The normalized spacial score (nSPS) is 17.8. The maximum absolute atomic E-state index is 12.5. The van der Waals surface area contributed by atoms with Crippen molar-refractivity contribution in [1.82, 2.24) is 0 Å². The van der Waals surface area contributed by atoms with Crippen LogP contribution >= 0.6 is 0 Å². The molecule has 0 aromatic carbocycles. The fourth-order valence-corrected chi connectivity index (χ4v) is 3.76. The number of aliphatic hydroxyl groups is 1. The minimum absolute atomic E-state index is 0.0781. The zero-order chi connectivity index (χ0) is 24.5. The summed E-state index contributed by atoms with van der Waals surface area (Å²) in [5.74, 6) is -0.161. The van der Waals surface area contributed by atoms with Crippen molar-refractivity contribution in [2.24, 2.45) is 0 Å². The van der Waals surface area contributed by atoms with Gasteiger partial charge in [0.15, 0.2) is 11.6 Å². The van der Waals surface area contributed by atoms with E-state index in [9.17, 15) is 23.5 Å². The molecule has 178 valence electrons. The Balaban J connectivity index is 2.49. The molecule has 0 saturated heterocycles. The van der Waals surface area contributed by atoms with Crippen molar-refractivity contribution in [3.63, 3.8) is 0 Å². The molecule has 0 aromatic rings. The van der Waals surface area contributed by atoms with Gasteiger partial charge in [-0.15, -0.1) is 0 Å². The zero-order valence-electron chi connectivity index (χ0n) is 20.4. The van der Waals surface area contributed by atoms with Gasteiger partial charge in [0.1, 0.15) is 0 Å². The molecule has 0 heterocycles. The number of hydrogen-bond acceptors (Lipinski definition) is 3. The molecule has 1 aliphatic rings. The van der Waals surface area contributed by atoms with Crippen LogP contribution in [0.15, 0.2) is 57.7 Å². The molecule has 0 bridgehead atoms. The first-order valence-electron chi connectivity index (χ1n) is 11.4. The van der Waals surface area contributed by atoms with Gasteiger partial charge in [0.25, 0.3) is 6.08 Å². The summed E-state index contributed by atoms with van der Waals surface area (Å²) >= 11 is 0. The Morgan fingerprint density at radius 3 is 1.88 bits per heavy atom. The van der Waals surface area contributed by atoms with Crippen LogP contribution < -0.4 is 0 Å². The van der Waals surface area contributed by atoms with Gasteiger partial charge in [0.05, 0.1) is 5.60 Å². The Morgan fingerprint density at radius 2 is 1.31 bits per heavy atom. The third-order valence-electron chi connectivity index (χ3n) is 6.27. The number of rotatable bonds is 12. The number of carbonyl (C=O) groups excluding carboxylic acids is 2. The van der Waals surface area contributed by atoms with E-state index in [-0.39, 0.29) is 11.6 Å². The van der Waals surface area contributed by atoms with Gasteiger partial charge >= 0.3 is 0 Å². The molecular formula is C27H38F2O3. The highest BCUT2D eigenvalue weighted by Gasteiger charge is 2.29. The summed E-state index contributed by atoms with van der Waals surface area (Å²) < 4.78 is 24.1. The molecule has 0 fully saturated rings. The fraction of sp³-hybridized carbons (Fsp3) is 0.556. The van der Waals surface area contributed by atoms with E-state index in [2.05, 4.69) is 19.1 Å². The lowest BCUT2D eigenvalue weighted by atomic mass is 9.82. The van der Waals surface area contributed by atoms with Crippen molar-refractivity contribution in [2.45, 2.75) is 98.5 Å². The smallest absolute Gasteiger partial charge is 0.266 e. The van der Waals surface area contributed by atoms with Gasteiger partial charge in [0, 0.05) is 22.3 Å². The first kappa shape index (κ1) is 27.9. The van der Waals surface area contributed by atoms with E-state index in [0.717, 1.165) is 30.9 Å². The molecule has 0 aliphatic heterocycles. The quantitative estimate of drug-likeness (QED) is 0.251. The first-order chi connectivity index (χ1) is 14.9. The molecule has 0 amide bonds. The molecule has 0 saturated carbocycles. The maximum Gasteiger partial charge on any atom is 0.266 e. The second-order valence-electron chi connectivity index (χ2n) is 9.22. The summed E-state index contributed by atoms with van der Waals surface area (Å²) in [4.78, 5) is 24.8. The van der Waals surface area contributed by atoms with Crippen LogP contribution in [0.2, 0.25) is 0 Å². The van der Waals surface area contributed by atoms with Gasteiger partial charge in [-0.2, -0.15) is 8.78 Å². The highest BCUT2D eigenvalue weighted by atomic mass is 19.3. The van der Waals surface area contributed by atoms with E-state index in [0.29, 0.717) is 54.4 Å². The highest BCUT2D eigenvalue weighted by Crippen LogP contribution is 2.30. The van der Waals surface area contributed by atoms with Crippen molar-refractivity contribution in [2.75, 3.05) is 0 Å². The van der Waals surface area contributed by atoms with E-state index in [4.69, 9.17) is 0 Å². The Morgan fingerprint density at radius 1 is 0.812 bits per heavy atom. The lowest BCUT2D eigenvalue weighted by Crippen LogP contribution is -2.26. The average molecular weight is 449 g/mol. The largest absolute Gasteiger partial charge is 0.390 e. The minimum atomic E-state index is -1.62. The lowest BCUT2D eigenvalue weighted by molar-refractivity contribution is -0.116. The predicted octanol–water partition coefficient (Wildman–Crippen LogP) is 7.34. The van der Waals surface area contributed by atoms with Gasteiger partial charge in [-0.1, -0.05) is 23.3 Å². The Kier molecular flexibility index (Phi) is 11.1. The van der Waals surface area contributed by atoms with Crippen molar-refractivity contribution in [3.05, 3.63) is 57.7 Å². The van der Waals surface area contributed by atoms with Crippen LogP contribution in [-0.4, -0.2) is 22.3 Å². The molecule has 5 heteroatoms. The summed E-state index contributed by atoms with van der Waals surface area (Å²) in [5.41, 5.74) is 3.45. The van der Waals surface area contributed by atoms with E-state index in [1.54, 1.807) is 27.7 Å². The fourth-order valence-electron chi connectivity index (χ4n) is 3.76. The summed E-state index contributed by atoms with van der Waals surface area (Å²) in [5, 5.41) is 10.8. The third-order valence-corrected chi connectivity index (χ3v) is 6.27. The van der Waals surface area contributed by atoms with Gasteiger partial charge in [-0.05, 0) is 99.0 Å². The summed E-state index contributed by atoms with van der Waals surface area (Å²) in [6.45, 7) is 10.8. The molecule has 1 aliphatic carbocycles. The van der Waals surface area contributed by atoms with Crippen LogP contribution in [0.3, 0.4) is 0 Å². The molecule has 32 heavy (non-hydrogen) atoms. The molecule has 0 spiro atoms. The van der Waals surface area contributed by atoms with Crippen LogP contribution in [0, 0.1) is 0 Å². The molecule has 1 atom stereocenters. The van der Waals surface area contributed by atoms with E-state index in [1.165, 1.54) is 5.57 Å². The van der Waals surface area contributed by atoms with E-state index >= 15 is 0 Å². The van der Waals surface area contributed by atoms with Gasteiger partial charge in [0.2, 0.25) is 0 Å². The van der Waals surface area contributed by atoms with Crippen molar-refractivity contribution >= 4 is 11.6 Å². The van der Waals surface area contributed by atoms with E-state index < -0.39 is 11.7 Å². The topological polar surface area (TPSA) is 54.4 Å². The highest BCUT2D eigenvalue weighted by molar-refractivity contribution is 6.24. The summed E-state index contributed by atoms with van der Waals surface area (Å²) in [6, 6.07) is 0. The van der Waals surface area contributed by atoms with Gasteiger partial charge < -0.3 is 5.11 Å². The number of carbonyl (C=O) groups is 2. The SMILES string of the molecule is CC1=C(C)C(=O)C(CC[C@@](C)(O)CC/C=C(\C)CC/C=C(\C)CCC=C(F)F)=C(C)C1=O. The zero-order valence-corrected chi connectivity index (χ0v) is 20.4. The predicted molar refractivity (Wildman–Crippen MR) is 126 cm³/mol. The molecule has 1 N–H and O–H groups in total. The van der Waals surface area contributed by atoms with Crippen molar-refractivity contribution in [3.8, 4) is 0 Å². The van der Waals surface area contributed by atoms with Gasteiger partial charge in [-0.3, -0.25) is 9.59 Å². The van der Waals surface area contributed by atoms with Gasteiger partial charge in [-0.25, -0.2) is 0 Å². The lowest BCUT2D eigenvalue weighted by Gasteiger charge is -2.25. The molecule has 3 nitrogen and oxygen atoms in total. The monoisotopic (exact) mass is 448 g/mol. The minimum Gasteiger partial charge on any atom is -0.390 e. The van der Waals surface area contributed by atoms with Crippen molar-refractivity contribution in [1.29, 1.82) is 0 Å². The second-order valence-corrected chi connectivity index (χ2v) is 9.22. The number of ketones is 2. The number of allylic oxidation sites excluding steroid dienone is 9. The third kappa shape index (κ3) is 9.15. The summed E-state index contributed by atoms with van der Waals surface area (Å²) in [7, 11) is 0. The molecular weight excluding hydrogens is 410 g/mol. The number of Topliss-reactive ketones (excluding diaryl/α,β-unsaturated/α-hetero) is 2. The van der Waals surface area contributed by atoms with E-state index in [1.807, 2.05) is 6.92 Å². The number of hydrogen-bond donors (Lipinski definition) is 1. The molecule has 0 aromatic heterocycles. The first-order valence-corrected chi connectivity index (χ1v) is 11.4. The Labute approximate surface area is 191 Å². The second kappa shape index (κ2) is 12.8. The van der Waals surface area contributed by atoms with Crippen LogP contribution in [0.25, 0.3) is 0 Å². The van der Waals surface area contributed by atoms with Crippen LogP contribution in [0.5, 0.6) is 0 Å². The summed E-state index contributed by atoms with van der Waals surface area (Å²) in [6.07, 6.45) is 8.41. The molecule has 0 radical (unpaired) electrons. The molecule has 1 rings (SSSR count). The van der Waals surface area contributed by atoms with Crippen LogP contribution in [-0.2, 0) is 9.59 Å². The van der Waals surface area contributed by atoms with Crippen LogP contribution in [0.1, 0.15) is 92.9 Å². The standard InChI is InChI=1S/C27H38F2O3/c1-18(12-8-14-24(28)29)10-7-11-19(2)13-9-16-27(6,32)17-15-23-22(5)25(30)20(3)21(4)26(23)31/h10,13-14,32H,7-9,11-12,15-17H2,1-6H3/b18-10+,19-13+/t27-/m0/s1. The number of halogens is 2. The maximum atomic E-state index is 12.5. The Bertz CT molecular complexity index is 863. The van der Waals surface area contributed by atoms with Crippen LogP contribution in [0.4, 0.5) is 8.78 Å². The average Bonchev–Trinajstić information content (AvgIpc) is 2.70. The van der Waals surface area contributed by atoms with Crippen molar-refractivity contribution < 1.29 is 23.5 Å². The molecule has 0 unspecified atom stereocenters.